The molecule has 0 unspecified atom stereocenters. The lowest BCUT2D eigenvalue weighted by molar-refractivity contribution is -0.144. The zero-order valence-corrected chi connectivity index (χ0v) is 38.2. The lowest BCUT2D eigenvalue weighted by Gasteiger charge is -2.32. The molecule has 1 aromatic heterocycles. The summed E-state index contributed by atoms with van der Waals surface area (Å²) in [5.74, 6) is -6.07. The third kappa shape index (κ3) is 11.8. The van der Waals surface area contributed by atoms with E-state index < -0.39 is 77.6 Å². The zero-order valence-electron chi connectivity index (χ0n) is 38.2. The first-order valence-corrected chi connectivity index (χ1v) is 22.4. The van der Waals surface area contributed by atoms with E-state index in [4.69, 9.17) is 26.7 Å². The highest BCUT2D eigenvalue weighted by Gasteiger charge is 2.39. The van der Waals surface area contributed by atoms with Crippen LogP contribution in [0.3, 0.4) is 0 Å². The van der Waals surface area contributed by atoms with Gasteiger partial charge in [-0.25, -0.2) is 14.8 Å². The van der Waals surface area contributed by atoms with E-state index in [0.29, 0.717) is 17.1 Å². The van der Waals surface area contributed by atoms with Crippen LogP contribution in [0.2, 0.25) is 0 Å². The molecule has 0 radical (unpaired) electrons. The number of phenolic OH excluding ortho intramolecular Hbond substituents is 1. The zero-order chi connectivity index (χ0) is 48.7. The fraction of sp³-hybridized carbons (Fsp3) is 0.449. The van der Waals surface area contributed by atoms with Crippen LogP contribution < -0.4 is 32.0 Å². The smallest absolute Gasteiger partial charge is 0.326 e. The molecule has 2 amide bonds. The Bertz CT molecular complexity index is 2480. The van der Waals surface area contributed by atoms with Gasteiger partial charge in [0, 0.05) is 74.1 Å². The van der Waals surface area contributed by atoms with Crippen LogP contribution in [0.1, 0.15) is 84.7 Å². The minimum absolute atomic E-state index is 0.00430. The summed E-state index contributed by atoms with van der Waals surface area (Å²) in [5.41, 5.74) is 20.8. The van der Waals surface area contributed by atoms with Crippen LogP contribution >= 0.6 is 0 Å². The number of nitrogens with zero attached hydrogens (tertiary/aromatic N) is 3. The minimum atomic E-state index is -1.50. The molecule has 0 spiro atoms. The normalized spacial score (nSPS) is 19.3. The molecular formula is C49H61N7O11. The number of likely N-dealkylation sites (N-methyl/N-ethyl adjacent to an activating group) is 1. The first-order chi connectivity index (χ1) is 31.9. The van der Waals surface area contributed by atoms with Gasteiger partial charge in [0.2, 0.25) is 11.8 Å². The van der Waals surface area contributed by atoms with E-state index in [1.807, 2.05) is 12.1 Å². The summed E-state index contributed by atoms with van der Waals surface area (Å²) in [6.45, 7) is 4.38. The lowest BCUT2D eigenvalue weighted by Crippen LogP contribution is -2.45. The number of aryl methyl sites for hydroxylation is 1. The van der Waals surface area contributed by atoms with Gasteiger partial charge in [-0.1, -0.05) is 44.2 Å². The number of amides is 2. The number of ketones is 2. The molecule has 0 saturated heterocycles. The summed E-state index contributed by atoms with van der Waals surface area (Å²) in [6, 6.07) is 12.5. The number of carbonyl (C=O) groups excluding carboxylic acids is 4. The maximum absolute atomic E-state index is 14.8. The molecule has 6 rings (SSSR count). The van der Waals surface area contributed by atoms with Gasteiger partial charge in [0.25, 0.3) is 0 Å². The van der Waals surface area contributed by atoms with Gasteiger partial charge in [0.1, 0.15) is 43.3 Å². The number of hydrogen-bond acceptors (Lipinski definition) is 15. The second kappa shape index (κ2) is 21.5. The molecular weight excluding hydrogens is 863 g/mol. The average molecular weight is 924 g/mol. The maximum Gasteiger partial charge on any atom is 0.326 e. The molecule has 358 valence electrons. The molecule has 1 fully saturated rings. The molecule has 1 saturated carbocycles. The number of aliphatic carboxylic acids is 1. The molecule has 1 aliphatic carbocycles. The summed E-state index contributed by atoms with van der Waals surface area (Å²) >= 11 is 0. The van der Waals surface area contributed by atoms with Crippen LogP contribution in [0.15, 0.2) is 60.8 Å². The largest absolute Gasteiger partial charge is 0.504 e. The molecule has 4 aromatic rings. The number of carboxylic acid groups (broad SMARTS) is 1. The van der Waals surface area contributed by atoms with Gasteiger partial charge >= 0.3 is 5.97 Å². The van der Waals surface area contributed by atoms with Crippen molar-refractivity contribution in [2.75, 3.05) is 39.9 Å². The Morgan fingerprint density at radius 2 is 1.58 bits per heavy atom. The number of nitrogens with two attached hydrogens (primary N) is 3. The number of aliphatic hydroxyl groups excluding tert-OH is 2. The predicted molar refractivity (Wildman–Crippen MR) is 247 cm³/mol. The van der Waals surface area contributed by atoms with Crippen LogP contribution in [-0.2, 0) is 31.0 Å². The van der Waals surface area contributed by atoms with Crippen molar-refractivity contribution in [3.8, 4) is 39.8 Å². The minimum Gasteiger partial charge on any atom is -0.504 e. The third-order valence-electron chi connectivity index (χ3n) is 12.6. The molecule has 11 N–H and O–H groups in total. The second-order valence-electron chi connectivity index (χ2n) is 17.9. The first-order valence-electron chi connectivity index (χ1n) is 22.4. The number of benzene rings is 3. The average Bonchev–Trinajstić information content (AvgIpc) is 4.07. The molecule has 6 atom stereocenters. The van der Waals surface area contributed by atoms with Crippen LogP contribution in [0.4, 0.5) is 0 Å². The van der Waals surface area contributed by atoms with Crippen molar-refractivity contribution in [2.45, 2.75) is 89.0 Å². The fourth-order valence-corrected chi connectivity index (χ4v) is 8.17. The van der Waals surface area contributed by atoms with Crippen molar-refractivity contribution < 1.29 is 53.9 Å². The van der Waals surface area contributed by atoms with Crippen LogP contribution in [0.5, 0.6) is 17.2 Å². The fourth-order valence-electron chi connectivity index (χ4n) is 8.17. The van der Waals surface area contributed by atoms with Crippen molar-refractivity contribution in [3.05, 3.63) is 88.7 Å². The number of aliphatic hydroxyl groups is 2. The number of Topliss-reactive ketones (excluding diaryl/α,β-unsaturated/α-hetero) is 2. The van der Waals surface area contributed by atoms with Crippen molar-refractivity contribution in [3.63, 3.8) is 0 Å². The Morgan fingerprint density at radius 1 is 0.925 bits per heavy atom. The molecule has 2 aliphatic rings. The number of aromatic nitrogens is 2. The first kappa shape index (κ1) is 50.1. The highest BCUT2D eigenvalue weighted by molar-refractivity contribution is 6.00. The van der Waals surface area contributed by atoms with Crippen LogP contribution in [0, 0.1) is 18.8 Å². The predicted octanol–water partition coefficient (Wildman–Crippen LogP) is 2.73. The topological polar surface area (TPSA) is 304 Å². The van der Waals surface area contributed by atoms with Crippen molar-refractivity contribution in [2.24, 2.45) is 29.0 Å². The SMILES string of the molecule is Cc1nc(-c2ccc(C3(C)CC3)cc2)ncc1C(=O)C[C@@H](CCN)C(=O)N(C)[C@@H]1C(=O)C[C@@H](C)C(=O)N[C@H](C(=O)O)Cc2ccc(OC[C@@H](O)CN)c(c2)-c2cc1cc(OC[C@@H](O)CN)c2O. The quantitative estimate of drug-likeness (QED) is 0.0666. The van der Waals surface area contributed by atoms with Crippen LogP contribution in [0.25, 0.3) is 22.5 Å². The highest BCUT2D eigenvalue weighted by Crippen LogP contribution is 2.48. The number of fused-ring (bicyclic) bond motifs is 5. The molecule has 18 nitrogen and oxygen atoms in total. The number of ether oxygens (including phenoxy) is 2. The van der Waals surface area contributed by atoms with Gasteiger partial charge in [-0.2, -0.15) is 0 Å². The Hall–Kier alpha value is -6.31. The lowest BCUT2D eigenvalue weighted by atomic mass is 9.88. The summed E-state index contributed by atoms with van der Waals surface area (Å²) < 4.78 is 11.9. The number of carboxylic acids is 1. The molecule has 3 aromatic carbocycles. The van der Waals surface area contributed by atoms with E-state index in [-0.39, 0.29) is 91.3 Å². The Kier molecular flexibility index (Phi) is 16.1. The van der Waals surface area contributed by atoms with E-state index in [1.165, 1.54) is 50.0 Å². The standard InChI is InChI=1S/C49H61N7O11/c1-26-15-40(60)43(56(4)47(63)30(11-14-50)19-39(59)37-23-53-45(54-27(37)2)29-6-8-32(9-7-29)49(3)12-13-49)31-18-36(44(61)42(20-31)67-25-34(58)22-52)35-16-28(17-38(48(64)65)55-46(26)62)5-10-41(35)66-24-33(57)21-51/h5-10,16,18,20,23,26,30,33-34,38,43,57-58,61H,11-15,17,19,21-22,24-25,50-52H2,1-4H3,(H,55,62)(H,64,65)/t26-,30-,33+,34+,38+,43+/m1/s1. The monoisotopic (exact) mass is 923 g/mol. The Balaban J connectivity index is 1.41. The number of rotatable bonds is 18. The van der Waals surface area contributed by atoms with Gasteiger partial charge in [-0.05, 0) is 79.1 Å². The van der Waals surface area contributed by atoms with Crippen molar-refractivity contribution in [1.29, 1.82) is 0 Å². The number of carbonyl (C=O) groups is 5. The summed E-state index contributed by atoms with van der Waals surface area (Å²) in [6.07, 6.45) is 0.509. The van der Waals surface area contributed by atoms with E-state index in [9.17, 15) is 44.4 Å². The van der Waals surface area contributed by atoms with Gasteiger partial charge in [0.05, 0.1) is 11.3 Å². The molecule has 18 heteroatoms. The highest BCUT2D eigenvalue weighted by atomic mass is 16.5. The number of aromatic hydroxyl groups is 1. The Morgan fingerprint density at radius 3 is 2.18 bits per heavy atom. The molecule has 1 aliphatic heterocycles. The number of phenols is 1. The van der Waals surface area contributed by atoms with Gasteiger partial charge < -0.3 is 57.3 Å². The second-order valence-corrected chi connectivity index (χ2v) is 17.9. The van der Waals surface area contributed by atoms with E-state index in [1.54, 1.807) is 13.0 Å². The number of hydrogen-bond donors (Lipinski definition) is 8. The van der Waals surface area contributed by atoms with Crippen molar-refractivity contribution in [1.82, 2.24) is 20.2 Å². The van der Waals surface area contributed by atoms with Gasteiger partial charge in [-0.3, -0.25) is 19.2 Å². The van der Waals surface area contributed by atoms with E-state index >= 15 is 0 Å². The summed E-state index contributed by atoms with van der Waals surface area (Å²) in [5, 5.41) is 45.3. The molecule has 2 heterocycles. The van der Waals surface area contributed by atoms with Gasteiger partial charge in [-0.15, -0.1) is 0 Å². The Labute approximate surface area is 388 Å². The van der Waals surface area contributed by atoms with E-state index in [2.05, 4.69) is 34.3 Å². The van der Waals surface area contributed by atoms with Crippen LogP contribution in [-0.4, -0.2) is 123 Å². The number of nitrogens with one attached hydrogen (secondary N) is 1. The molecule has 67 heavy (non-hydrogen) atoms. The van der Waals surface area contributed by atoms with Crippen molar-refractivity contribution >= 4 is 29.4 Å². The van der Waals surface area contributed by atoms with Gasteiger partial charge in [0.15, 0.2) is 28.9 Å². The molecule has 4 bridgehead atoms. The summed E-state index contributed by atoms with van der Waals surface area (Å²) in [4.78, 5) is 80.0. The summed E-state index contributed by atoms with van der Waals surface area (Å²) in [7, 11) is 1.37. The van der Waals surface area contributed by atoms with E-state index in [0.717, 1.165) is 23.3 Å². The maximum atomic E-state index is 14.8. The third-order valence-corrected chi connectivity index (χ3v) is 12.6.